The molecule has 1 aromatic carbocycles. The number of aromatic hydroxyl groups is 1. The highest BCUT2D eigenvalue weighted by molar-refractivity contribution is 5.97. The normalized spacial score (nSPS) is 11.0. The number of nitrogens with zero attached hydrogens (tertiary/aromatic N) is 1. The van der Waals surface area contributed by atoms with Gasteiger partial charge in [-0.1, -0.05) is 0 Å². The van der Waals surface area contributed by atoms with E-state index in [1.165, 1.54) is 6.92 Å². The van der Waals surface area contributed by atoms with E-state index in [0.29, 0.717) is 0 Å². The third-order valence-electron chi connectivity index (χ3n) is 2.76. The molecule has 1 aromatic rings. The summed E-state index contributed by atoms with van der Waals surface area (Å²) >= 11 is 0. The lowest BCUT2D eigenvalue weighted by Gasteiger charge is -2.21. The van der Waals surface area contributed by atoms with E-state index in [0.717, 1.165) is 12.1 Å². The number of aliphatic hydroxyl groups excluding tert-OH is 2. The van der Waals surface area contributed by atoms with Gasteiger partial charge in [-0.15, -0.1) is 0 Å². The summed E-state index contributed by atoms with van der Waals surface area (Å²) in [5, 5.41) is 27.7. The van der Waals surface area contributed by atoms with E-state index in [4.69, 9.17) is 10.2 Å². The third kappa shape index (κ3) is 4.27. The van der Waals surface area contributed by atoms with Crippen molar-refractivity contribution in [1.29, 1.82) is 0 Å². The molecule has 0 unspecified atom stereocenters. The fourth-order valence-corrected chi connectivity index (χ4v) is 1.84. The van der Waals surface area contributed by atoms with Crippen LogP contribution in [0.2, 0.25) is 0 Å². The van der Waals surface area contributed by atoms with Crippen LogP contribution in [0.3, 0.4) is 0 Å². The largest absolute Gasteiger partial charge is 0.507 e. The maximum atomic E-state index is 13.4. The minimum absolute atomic E-state index is 0.0667. The number of halogens is 1. The van der Waals surface area contributed by atoms with Crippen LogP contribution in [0.25, 0.3) is 0 Å². The lowest BCUT2D eigenvalue weighted by Crippen LogP contribution is -2.29. The summed E-state index contributed by atoms with van der Waals surface area (Å²) in [6, 6.07) is 2.13. The minimum atomic E-state index is -0.606. The van der Waals surface area contributed by atoms with E-state index < -0.39 is 11.6 Å². The van der Waals surface area contributed by atoms with Gasteiger partial charge in [-0.05, 0) is 19.1 Å². The van der Waals surface area contributed by atoms with Gasteiger partial charge >= 0.3 is 0 Å². The monoisotopic (exact) mass is 271 g/mol. The van der Waals surface area contributed by atoms with Crippen LogP contribution in [-0.4, -0.2) is 52.3 Å². The topological polar surface area (TPSA) is 81.0 Å². The van der Waals surface area contributed by atoms with Crippen molar-refractivity contribution in [3.63, 3.8) is 0 Å². The first kappa shape index (κ1) is 15.6. The van der Waals surface area contributed by atoms with Crippen LogP contribution in [-0.2, 0) is 6.54 Å². The smallest absolute Gasteiger partial charge is 0.163 e. The molecule has 0 radical (unpaired) electrons. The number of hydrogen-bond acceptors (Lipinski definition) is 5. The van der Waals surface area contributed by atoms with Crippen molar-refractivity contribution in [1.82, 2.24) is 4.90 Å². The number of hydrogen-bond donors (Lipinski definition) is 3. The lowest BCUT2D eigenvalue weighted by molar-refractivity contribution is 0.101. The Hall–Kier alpha value is -1.50. The lowest BCUT2D eigenvalue weighted by atomic mass is 10.0. The van der Waals surface area contributed by atoms with Gasteiger partial charge < -0.3 is 15.3 Å². The molecule has 0 spiro atoms. The van der Waals surface area contributed by atoms with Crippen LogP contribution >= 0.6 is 0 Å². The van der Waals surface area contributed by atoms with E-state index in [1.807, 2.05) is 0 Å². The Morgan fingerprint density at radius 2 is 1.84 bits per heavy atom. The number of carbonyl (C=O) groups excluding carboxylic acids is 1. The van der Waals surface area contributed by atoms with Gasteiger partial charge in [0.2, 0.25) is 0 Å². The second-order valence-corrected chi connectivity index (χ2v) is 4.24. The van der Waals surface area contributed by atoms with Crippen LogP contribution in [0.1, 0.15) is 22.8 Å². The maximum absolute atomic E-state index is 13.4. The van der Waals surface area contributed by atoms with Crippen molar-refractivity contribution < 1.29 is 24.5 Å². The van der Waals surface area contributed by atoms with E-state index in [-0.39, 0.29) is 49.7 Å². The molecule has 1 rings (SSSR count). The molecule has 0 saturated heterocycles. The van der Waals surface area contributed by atoms with Crippen LogP contribution < -0.4 is 0 Å². The molecule has 106 valence electrons. The van der Waals surface area contributed by atoms with Crippen molar-refractivity contribution in [2.45, 2.75) is 13.5 Å². The number of phenolic OH excluding ortho intramolecular Hbond substituents is 1. The Kier molecular flexibility index (Phi) is 5.88. The van der Waals surface area contributed by atoms with Crippen LogP contribution in [0.4, 0.5) is 4.39 Å². The number of benzene rings is 1. The molecule has 0 aromatic heterocycles. The van der Waals surface area contributed by atoms with Crippen molar-refractivity contribution >= 4 is 5.78 Å². The second-order valence-electron chi connectivity index (χ2n) is 4.24. The molecule has 0 amide bonds. The molecular weight excluding hydrogens is 253 g/mol. The zero-order chi connectivity index (χ0) is 14.4. The molecule has 0 aliphatic rings. The number of ketones is 1. The molecule has 3 N–H and O–H groups in total. The summed E-state index contributed by atoms with van der Waals surface area (Å²) < 4.78 is 13.4. The SMILES string of the molecule is CC(=O)c1cc(F)cc(CN(CCO)CCO)c1O. The standard InChI is InChI=1S/C13H18FNO4/c1-9(18)12-7-11(14)6-10(13(12)19)8-15(2-4-16)3-5-17/h6-7,16-17,19H,2-5,8H2,1H3. The molecule has 6 heteroatoms. The van der Waals surface area contributed by atoms with Crippen LogP contribution in [0.5, 0.6) is 5.75 Å². The molecule has 0 aliphatic carbocycles. The average Bonchev–Trinajstić information content (AvgIpc) is 2.33. The Morgan fingerprint density at radius 3 is 2.32 bits per heavy atom. The Labute approximate surface area is 110 Å². The molecule has 0 saturated carbocycles. The quantitative estimate of drug-likeness (QED) is 0.630. The highest BCUT2D eigenvalue weighted by atomic mass is 19.1. The van der Waals surface area contributed by atoms with E-state index in [2.05, 4.69) is 0 Å². The molecule has 5 nitrogen and oxygen atoms in total. The van der Waals surface area contributed by atoms with Crippen molar-refractivity contribution in [3.8, 4) is 5.75 Å². The Morgan fingerprint density at radius 1 is 1.26 bits per heavy atom. The van der Waals surface area contributed by atoms with Gasteiger partial charge in [-0.3, -0.25) is 9.69 Å². The van der Waals surface area contributed by atoms with Crippen molar-refractivity contribution in [2.24, 2.45) is 0 Å². The van der Waals surface area contributed by atoms with Gasteiger partial charge in [-0.25, -0.2) is 4.39 Å². The van der Waals surface area contributed by atoms with Gasteiger partial charge in [-0.2, -0.15) is 0 Å². The Balaban J connectivity index is 3.02. The van der Waals surface area contributed by atoms with Crippen molar-refractivity contribution in [2.75, 3.05) is 26.3 Å². The van der Waals surface area contributed by atoms with Crippen LogP contribution in [0, 0.1) is 5.82 Å². The van der Waals surface area contributed by atoms with Gasteiger partial charge in [0.25, 0.3) is 0 Å². The fraction of sp³-hybridized carbons (Fsp3) is 0.462. The first-order valence-electron chi connectivity index (χ1n) is 5.96. The summed E-state index contributed by atoms with van der Waals surface area (Å²) in [5.41, 5.74) is 0.190. The number of Topliss-reactive ketones (excluding diaryl/α,β-unsaturated/α-hetero) is 1. The molecule has 0 heterocycles. The highest BCUT2D eigenvalue weighted by Crippen LogP contribution is 2.25. The number of phenols is 1. The summed E-state index contributed by atoms with van der Waals surface area (Å²) in [6.45, 7) is 1.73. The van der Waals surface area contributed by atoms with Gasteiger partial charge in [0.1, 0.15) is 11.6 Å². The summed E-state index contributed by atoms with van der Waals surface area (Å²) in [7, 11) is 0. The first-order valence-corrected chi connectivity index (χ1v) is 5.96. The highest BCUT2D eigenvalue weighted by Gasteiger charge is 2.16. The van der Waals surface area contributed by atoms with Crippen molar-refractivity contribution in [3.05, 3.63) is 29.1 Å². The summed E-state index contributed by atoms with van der Waals surface area (Å²) in [6.07, 6.45) is 0. The van der Waals surface area contributed by atoms with E-state index in [9.17, 15) is 14.3 Å². The first-order chi connectivity index (χ1) is 8.99. The van der Waals surface area contributed by atoms with E-state index >= 15 is 0 Å². The summed E-state index contributed by atoms with van der Waals surface area (Å²) in [4.78, 5) is 12.9. The summed E-state index contributed by atoms with van der Waals surface area (Å²) in [5.74, 6) is -1.28. The molecule has 0 aliphatic heterocycles. The van der Waals surface area contributed by atoms with Gasteiger partial charge in [0.05, 0.1) is 18.8 Å². The third-order valence-corrected chi connectivity index (χ3v) is 2.76. The fourth-order valence-electron chi connectivity index (χ4n) is 1.84. The Bertz CT molecular complexity index is 445. The molecule has 0 fully saturated rings. The average molecular weight is 271 g/mol. The zero-order valence-electron chi connectivity index (χ0n) is 10.8. The van der Waals surface area contributed by atoms with Gasteiger partial charge in [0.15, 0.2) is 5.78 Å². The predicted molar refractivity (Wildman–Crippen MR) is 67.5 cm³/mol. The molecule has 0 bridgehead atoms. The number of carbonyl (C=O) groups is 1. The molecule has 0 atom stereocenters. The van der Waals surface area contributed by atoms with Crippen LogP contribution in [0.15, 0.2) is 12.1 Å². The number of aliphatic hydroxyl groups is 2. The van der Waals surface area contributed by atoms with Gasteiger partial charge in [0, 0.05) is 25.2 Å². The maximum Gasteiger partial charge on any atom is 0.163 e. The van der Waals surface area contributed by atoms with E-state index in [1.54, 1.807) is 4.90 Å². The molecule has 19 heavy (non-hydrogen) atoms. The molecular formula is C13H18FNO4. The second kappa shape index (κ2) is 7.18. The number of rotatable bonds is 7. The minimum Gasteiger partial charge on any atom is -0.507 e. The zero-order valence-corrected chi connectivity index (χ0v) is 10.8. The predicted octanol–water partition coefficient (Wildman–Crippen LogP) is 0.520.